The van der Waals surface area contributed by atoms with E-state index in [4.69, 9.17) is 9.47 Å². The van der Waals surface area contributed by atoms with Crippen molar-refractivity contribution >= 4 is 0 Å². The Morgan fingerprint density at radius 3 is 2.12 bits per heavy atom. The Bertz CT molecular complexity index is 460. The Morgan fingerprint density at radius 2 is 1.50 bits per heavy atom. The number of hydrogen-bond acceptors (Lipinski definition) is 3. The molecule has 0 bridgehead atoms. The second-order valence-corrected chi connectivity index (χ2v) is 9.94. The smallest absolute Gasteiger partial charge is 0.174 e. The van der Waals surface area contributed by atoms with Gasteiger partial charge in [0.2, 0.25) is 0 Å². The number of aliphatic hydroxyl groups is 1. The molecule has 1 heterocycles. The molecule has 3 saturated carbocycles. The SMILES string of the molecule is CC1(C)CCC[C@@]2(C)[C@H]1CCC1(O[C@@H]3CCCCC[C@H]3O1)[C@@H]2CO. The van der Waals surface area contributed by atoms with Crippen molar-refractivity contribution in [2.24, 2.45) is 22.7 Å². The van der Waals surface area contributed by atoms with Gasteiger partial charge in [0.25, 0.3) is 0 Å². The van der Waals surface area contributed by atoms with E-state index in [2.05, 4.69) is 20.8 Å². The molecule has 0 radical (unpaired) electrons. The van der Waals surface area contributed by atoms with Crippen molar-refractivity contribution in [1.82, 2.24) is 0 Å². The first kappa shape index (κ1) is 17.3. The number of rotatable bonds is 1. The van der Waals surface area contributed by atoms with Crippen LogP contribution in [0.1, 0.15) is 85.0 Å². The summed E-state index contributed by atoms with van der Waals surface area (Å²) < 4.78 is 13.4. The monoisotopic (exact) mass is 336 g/mol. The highest BCUT2D eigenvalue weighted by atomic mass is 16.8. The second kappa shape index (κ2) is 5.96. The molecule has 1 N–H and O–H groups in total. The van der Waals surface area contributed by atoms with Crippen molar-refractivity contribution in [3.8, 4) is 0 Å². The van der Waals surface area contributed by atoms with Crippen LogP contribution in [0.25, 0.3) is 0 Å². The van der Waals surface area contributed by atoms with Crippen LogP contribution >= 0.6 is 0 Å². The lowest BCUT2D eigenvalue weighted by atomic mass is 9.47. The molecule has 138 valence electrons. The molecule has 4 fully saturated rings. The number of fused-ring (bicyclic) bond motifs is 2. The normalized spacial score (nSPS) is 51.0. The molecular weight excluding hydrogens is 300 g/mol. The molecule has 1 saturated heterocycles. The van der Waals surface area contributed by atoms with E-state index in [1.54, 1.807) is 0 Å². The summed E-state index contributed by atoms with van der Waals surface area (Å²) in [5, 5.41) is 10.4. The van der Waals surface area contributed by atoms with Crippen molar-refractivity contribution in [2.75, 3.05) is 6.61 Å². The molecule has 3 aliphatic carbocycles. The van der Waals surface area contributed by atoms with Crippen molar-refractivity contribution in [1.29, 1.82) is 0 Å². The van der Waals surface area contributed by atoms with Gasteiger partial charge in [0, 0.05) is 12.3 Å². The van der Waals surface area contributed by atoms with Gasteiger partial charge in [-0.1, -0.05) is 46.5 Å². The van der Waals surface area contributed by atoms with Crippen LogP contribution in [0.2, 0.25) is 0 Å². The highest BCUT2D eigenvalue weighted by Crippen LogP contribution is 2.64. The minimum atomic E-state index is -0.514. The third kappa shape index (κ3) is 2.49. The highest BCUT2D eigenvalue weighted by Gasteiger charge is 2.64. The zero-order valence-electron chi connectivity index (χ0n) is 15.9. The van der Waals surface area contributed by atoms with Gasteiger partial charge in [-0.3, -0.25) is 0 Å². The first-order chi connectivity index (χ1) is 11.4. The van der Waals surface area contributed by atoms with Crippen LogP contribution in [0.3, 0.4) is 0 Å². The fraction of sp³-hybridized carbons (Fsp3) is 1.00. The van der Waals surface area contributed by atoms with Crippen LogP contribution < -0.4 is 0 Å². The number of aliphatic hydroxyl groups excluding tert-OH is 1. The topological polar surface area (TPSA) is 38.7 Å². The summed E-state index contributed by atoms with van der Waals surface area (Å²) in [5.74, 6) is 0.273. The lowest BCUT2D eigenvalue weighted by Crippen LogP contribution is -2.60. The quantitative estimate of drug-likeness (QED) is 0.756. The van der Waals surface area contributed by atoms with Gasteiger partial charge < -0.3 is 14.6 Å². The predicted octanol–water partition coefficient (Wildman–Crippen LogP) is 4.67. The van der Waals surface area contributed by atoms with E-state index >= 15 is 0 Å². The van der Waals surface area contributed by atoms with Crippen LogP contribution in [0.5, 0.6) is 0 Å². The van der Waals surface area contributed by atoms with Crippen LogP contribution in [-0.2, 0) is 9.47 Å². The number of ether oxygens (including phenoxy) is 2. The first-order valence-corrected chi connectivity index (χ1v) is 10.4. The molecule has 4 rings (SSSR count). The molecule has 4 aliphatic rings. The molecule has 1 aliphatic heterocycles. The summed E-state index contributed by atoms with van der Waals surface area (Å²) in [7, 11) is 0. The maximum Gasteiger partial charge on any atom is 0.174 e. The summed E-state index contributed by atoms with van der Waals surface area (Å²) in [4.78, 5) is 0. The highest BCUT2D eigenvalue weighted by molar-refractivity contribution is 5.08. The molecule has 5 atom stereocenters. The van der Waals surface area contributed by atoms with Gasteiger partial charge in [-0.2, -0.15) is 0 Å². The molecule has 0 aromatic carbocycles. The molecule has 0 aromatic heterocycles. The summed E-state index contributed by atoms with van der Waals surface area (Å²) in [6.07, 6.45) is 12.6. The molecule has 0 amide bonds. The van der Waals surface area contributed by atoms with Crippen LogP contribution in [0.15, 0.2) is 0 Å². The average molecular weight is 337 g/mol. The van der Waals surface area contributed by atoms with Gasteiger partial charge in [0.15, 0.2) is 5.79 Å². The Hall–Kier alpha value is -0.120. The fourth-order valence-corrected chi connectivity index (χ4v) is 7.00. The molecular formula is C21H36O3. The summed E-state index contributed by atoms with van der Waals surface area (Å²) >= 11 is 0. The molecule has 1 spiro atoms. The molecule has 0 aromatic rings. The molecule has 3 nitrogen and oxygen atoms in total. The maximum absolute atomic E-state index is 10.4. The van der Waals surface area contributed by atoms with Crippen molar-refractivity contribution in [2.45, 2.75) is 103 Å². The Labute approximate surface area is 147 Å². The Morgan fingerprint density at radius 1 is 0.833 bits per heavy atom. The third-order valence-electron chi connectivity index (χ3n) is 8.16. The minimum absolute atomic E-state index is 0.121. The van der Waals surface area contributed by atoms with E-state index in [1.807, 2.05) is 0 Å². The van der Waals surface area contributed by atoms with E-state index in [0.29, 0.717) is 11.3 Å². The van der Waals surface area contributed by atoms with Gasteiger partial charge in [-0.25, -0.2) is 0 Å². The maximum atomic E-state index is 10.4. The largest absolute Gasteiger partial charge is 0.396 e. The fourth-order valence-electron chi connectivity index (χ4n) is 7.00. The summed E-state index contributed by atoms with van der Waals surface area (Å²) in [5.41, 5.74) is 0.503. The average Bonchev–Trinajstić information content (AvgIpc) is 2.70. The lowest BCUT2D eigenvalue weighted by Gasteiger charge is -2.61. The lowest BCUT2D eigenvalue weighted by molar-refractivity contribution is -0.289. The van der Waals surface area contributed by atoms with Crippen molar-refractivity contribution in [3.63, 3.8) is 0 Å². The minimum Gasteiger partial charge on any atom is -0.396 e. The van der Waals surface area contributed by atoms with Gasteiger partial charge >= 0.3 is 0 Å². The Kier molecular flexibility index (Phi) is 4.29. The second-order valence-electron chi connectivity index (χ2n) is 9.94. The third-order valence-corrected chi connectivity index (χ3v) is 8.16. The summed E-state index contributed by atoms with van der Waals surface area (Å²) in [6, 6.07) is 0. The van der Waals surface area contributed by atoms with Gasteiger partial charge in [-0.15, -0.1) is 0 Å². The number of hydrogen-bond donors (Lipinski definition) is 1. The van der Waals surface area contributed by atoms with Gasteiger partial charge in [0.05, 0.1) is 18.8 Å². The standard InChI is InChI=1S/C21H36O3/c1-19(2)11-7-12-20(3)17(19)10-13-21(18(20)14-22)23-15-8-5-4-6-9-16(15)24-21/h15-18,22H,4-14H2,1-3H3/t15-,16-,17+,18-,20+/m1/s1. The zero-order valence-corrected chi connectivity index (χ0v) is 15.9. The van der Waals surface area contributed by atoms with Crippen molar-refractivity contribution < 1.29 is 14.6 Å². The predicted molar refractivity (Wildman–Crippen MR) is 94.6 cm³/mol. The van der Waals surface area contributed by atoms with Crippen LogP contribution in [0.4, 0.5) is 0 Å². The van der Waals surface area contributed by atoms with E-state index in [-0.39, 0.29) is 30.1 Å². The molecule has 3 heteroatoms. The van der Waals surface area contributed by atoms with Crippen molar-refractivity contribution in [3.05, 3.63) is 0 Å². The van der Waals surface area contributed by atoms with E-state index in [9.17, 15) is 5.11 Å². The van der Waals surface area contributed by atoms with E-state index < -0.39 is 5.79 Å². The van der Waals surface area contributed by atoms with Crippen LogP contribution in [-0.4, -0.2) is 29.7 Å². The van der Waals surface area contributed by atoms with E-state index in [1.165, 1.54) is 44.9 Å². The molecule has 24 heavy (non-hydrogen) atoms. The Balaban J connectivity index is 1.64. The first-order valence-electron chi connectivity index (χ1n) is 10.4. The molecule has 0 unspecified atom stereocenters. The van der Waals surface area contributed by atoms with Crippen LogP contribution in [0, 0.1) is 22.7 Å². The summed E-state index contributed by atoms with van der Waals surface area (Å²) in [6.45, 7) is 7.48. The van der Waals surface area contributed by atoms with Gasteiger partial charge in [-0.05, 0) is 48.9 Å². The van der Waals surface area contributed by atoms with Gasteiger partial charge in [0.1, 0.15) is 0 Å². The van der Waals surface area contributed by atoms with E-state index in [0.717, 1.165) is 19.3 Å². The zero-order chi connectivity index (χ0) is 17.0.